The highest BCUT2D eigenvalue weighted by atomic mass is 16.2. The number of urea groups is 1. The van der Waals surface area contributed by atoms with Crippen molar-refractivity contribution >= 4 is 17.8 Å². The van der Waals surface area contributed by atoms with Crippen molar-refractivity contribution in [2.45, 2.75) is 52.6 Å². The minimum absolute atomic E-state index is 0.128. The molecule has 2 heterocycles. The number of imide groups is 1. The van der Waals surface area contributed by atoms with Crippen molar-refractivity contribution in [3.63, 3.8) is 0 Å². The van der Waals surface area contributed by atoms with Gasteiger partial charge < -0.3 is 10.6 Å². The fourth-order valence-corrected chi connectivity index (χ4v) is 2.76. The summed E-state index contributed by atoms with van der Waals surface area (Å²) >= 11 is 0. The Kier molecular flexibility index (Phi) is 5.36. The minimum Gasteiger partial charge on any atom is -0.356 e. The minimum atomic E-state index is -0.611. The molecule has 8 heteroatoms. The largest absolute Gasteiger partial charge is 0.356 e. The highest BCUT2D eigenvalue weighted by Crippen LogP contribution is 2.13. The number of carbonyl (C=O) groups is 3. The van der Waals surface area contributed by atoms with Crippen molar-refractivity contribution < 1.29 is 14.4 Å². The Morgan fingerprint density at radius 2 is 2.09 bits per heavy atom. The molecule has 4 amide bonds. The molecule has 0 aromatic carbocycles. The van der Waals surface area contributed by atoms with Crippen molar-refractivity contribution in [3.05, 3.63) is 17.0 Å². The molecule has 1 aromatic rings. The predicted octanol–water partition coefficient (Wildman–Crippen LogP) is 0.167. The van der Waals surface area contributed by atoms with Crippen molar-refractivity contribution in [1.82, 2.24) is 25.7 Å². The van der Waals surface area contributed by atoms with Gasteiger partial charge in [-0.2, -0.15) is 5.10 Å². The summed E-state index contributed by atoms with van der Waals surface area (Å²) in [6.07, 6.45) is 1.23. The molecule has 0 bridgehead atoms. The van der Waals surface area contributed by atoms with Gasteiger partial charge in [-0.15, -0.1) is 0 Å². The molecular weight excluding hydrogens is 298 g/mol. The molecule has 0 radical (unpaired) electrons. The third-order valence-electron chi connectivity index (χ3n) is 4.05. The maximum Gasteiger partial charge on any atom is 0.322 e. The number of nitrogens with one attached hydrogen (secondary N) is 3. The Morgan fingerprint density at radius 3 is 2.65 bits per heavy atom. The predicted molar refractivity (Wildman–Crippen MR) is 83.8 cm³/mol. The molecule has 1 aromatic heterocycles. The zero-order valence-electron chi connectivity index (χ0n) is 13.7. The quantitative estimate of drug-likeness (QED) is 0.622. The van der Waals surface area contributed by atoms with Crippen LogP contribution in [0.4, 0.5) is 4.79 Å². The van der Waals surface area contributed by atoms with Gasteiger partial charge in [0.05, 0.1) is 5.69 Å². The van der Waals surface area contributed by atoms with E-state index in [0.717, 1.165) is 29.9 Å². The fourth-order valence-electron chi connectivity index (χ4n) is 2.76. The van der Waals surface area contributed by atoms with Crippen LogP contribution in [-0.2, 0) is 22.6 Å². The number of aryl methyl sites for hydroxylation is 2. The van der Waals surface area contributed by atoms with Crippen LogP contribution in [0.1, 0.15) is 36.7 Å². The molecule has 0 spiro atoms. The van der Waals surface area contributed by atoms with Gasteiger partial charge in [-0.1, -0.05) is 0 Å². The first-order valence-electron chi connectivity index (χ1n) is 7.83. The van der Waals surface area contributed by atoms with Crippen molar-refractivity contribution in [2.75, 3.05) is 6.54 Å². The van der Waals surface area contributed by atoms with Gasteiger partial charge in [-0.3, -0.25) is 19.6 Å². The van der Waals surface area contributed by atoms with E-state index in [1.165, 1.54) is 0 Å². The molecular formula is C15H23N5O3. The monoisotopic (exact) mass is 321 g/mol. The van der Waals surface area contributed by atoms with E-state index in [4.69, 9.17) is 0 Å². The van der Waals surface area contributed by atoms with Crippen molar-refractivity contribution in [2.24, 2.45) is 0 Å². The number of rotatable bonds is 7. The first-order chi connectivity index (χ1) is 10.9. The van der Waals surface area contributed by atoms with Gasteiger partial charge in [0.2, 0.25) is 5.91 Å². The number of hydrogen-bond donors (Lipinski definition) is 3. The Bertz CT molecular complexity index is 623. The first-order valence-corrected chi connectivity index (χ1v) is 7.83. The fraction of sp³-hybridized carbons (Fsp3) is 0.600. The Labute approximate surface area is 135 Å². The summed E-state index contributed by atoms with van der Waals surface area (Å²) in [5.74, 6) is -0.502. The number of carbonyl (C=O) groups excluding carboxylic acids is 3. The summed E-state index contributed by atoms with van der Waals surface area (Å²) in [6.45, 7) is 7.40. The van der Waals surface area contributed by atoms with Gasteiger partial charge in [0.15, 0.2) is 0 Å². The summed E-state index contributed by atoms with van der Waals surface area (Å²) in [4.78, 5) is 34.2. The molecule has 2 rings (SSSR count). The zero-order chi connectivity index (χ0) is 17.0. The number of nitrogens with zero attached hydrogens (tertiary/aromatic N) is 2. The normalized spacial score (nSPS) is 17.1. The van der Waals surface area contributed by atoms with Gasteiger partial charge in [-0.05, 0) is 39.2 Å². The van der Waals surface area contributed by atoms with E-state index in [-0.39, 0.29) is 18.2 Å². The molecule has 1 fully saturated rings. The first kappa shape index (κ1) is 17.0. The molecule has 1 aliphatic rings. The maximum atomic E-state index is 11.8. The van der Waals surface area contributed by atoms with E-state index in [2.05, 4.69) is 21.0 Å². The van der Waals surface area contributed by atoms with E-state index in [1.807, 2.05) is 25.5 Å². The lowest BCUT2D eigenvalue weighted by molar-refractivity contribution is -0.122. The van der Waals surface area contributed by atoms with Crippen LogP contribution in [-0.4, -0.2) is 40.2 Å². The van der Waals surface area contributed by atoms with Crippen LogP contribution in [0.5, 0.6) is 0 Å². The van der Waals surface area contributed by atoms with Crippen LogP contribution in [0.25, 0.3) is 0 Å². The van der Waals surface area contributed by atoms with Crippen LogP contribution in [0.3, 0.4) is 0 Å². The van der Waals surface area contributed by atoms with E-state index >= 15 is 0 Å². The van der Waals surface area contributed by atoms with E-state index in [9.17, 15) is 14.4 Å². The van der Waals surface area contributed by atoms with Crippen LogP contribution < -0.4 is 16.0 Å². The van der Waals surface area contributed by atoms with Gasteiger partial charge in [-0.25, -0.2) is 4.79 Å². The van der Waals surface area contributed by atoms with E-state index in [1.54, 1.807) is 0 Å². The Hall–Kier alpha value is -2.38. The standard InChI is InChI=1S/C15H23N5O3/c1-4-20-10(3)11(9(2)19-20)7-8-16-13(21)6-5-12-14(22)18-15(23)17-12/h12H,4-8H2,1-3H3,(H,16,21)(H2,17,18,22,23). The van der Waals surface area contributed by atoms with Crippen LogP contribution in [0.15, 0.2) is 0 Å². The Morgan fingerprint density at radius 1 is 1.35 bits per heavy atom. The Balaban J connectivity index is 1.74. The zero-order valence-corrected chi connectivity index (χ0v) is 13.7. The third kappa shape index (κ3) is 4.08. The summed E-state index contributed by atoms with van der Waals surface area (Å²) in [7, 11) is 0. The van der Waals surface area contributed by atoms with Crippen molar-refractivity contribution in [3.8, 4) is 0 Å². The van der Waals surface area contributed by atoms with E-state index < -0.39 is 12.1 Å². The molecule has 23 heavy (non-hydrogen) atoms. The maximum absolute atomic E-state index is 11.8. The lowest BCUT2D eigenvalue weighted by atomic mass is 10.1. The molecule has 3 N–H and O–H groups in total. The van der Waals surface area contributed by atoms with Gasteiger partial charge in [0.25, 0.3) is 5.91 Å². The average molecular weight is 321 g/mol. The van der Waals surface area contributed by atoms with Gasteiger partial charge in [0.1, 0.15) is 6.04 Å². The molecule has 1 atom stereocenters. The molecule has 126 valence electrons. The molecule has 1 unspecified atom stereocenters. The summed E-state index contributed by atoms with van der Waals surface area (Å²) in [6, 6.07) is -1.11. The second-order valence-corrected chi connectivity index (χ2v) is 5.62. The van der Waals surface area contributed by atoms with Crippen molar-refractivity contribution in [1.29, 1.82) is 0 Å². The van der Waals surface area contributed by atoms with Gasteiger partial charge in [0, 0.05) is 25.2 Å². The summed E-state index contributed by atoms with van der Waals surface area (Å²) in [5.41, 5.74) is 3.28. The topological polar surface area (TPSA) is 105 Å². The highest BCUT2D eigenvalue weighted by molar-refractivity contribution is 6.04. The number of aromatic nitrogens is 2. The molecule has 1 aliphatic heterocycles. The highest BCUT2D eigenvalue weighted by Gasteiger charge is 2.29. The summed E-state index contributed by atoms with van der Waals surface area (Å²) in [5, 5.41) is 11.9. The second kappa shape index (κ2) is 7.26. The second-order valence-electron chi connectivity index (χ2n) is 5.62. The third-order valence-corrected chi connectivity index (χ3v) is 4.05. The molecule has 0 saturated carbocycles. The number of hydrogen-bond acceptors (Lipinski definition) is 4. The van der Waals surface area contributed by atoms with Crippen LogP contribution >= 0.6 is 0 Å². The lowest BCUT2D eigenvalue weighted by Gasteiger charge is -2.08. The summed E-state index contributed by atoms with van der Waals surface area (Å²) < 4.78 is 1.95. The van der Waals surface area contributed by atoms with Crippen LogP contribution in [0, 0.1) is 13.8 Å². The van der Waals surface area contributed by atoms with Crippen LogP contribution in [0.2, 0.25) is 0 Å². The smallest absolute Gasteiger partial charge is 0.322 e. The number of amides is 4. The molecule has 8 nitrogen and oxygen atoms in total. The SMILES string of the molecule is CCn1nc(C)c(CCNC(=O)CCC2NC(=O)NC2=O)c1C. The lowest BCUT2D eigenvalue weighted by Crippen LogP contribution is -2.32. The molecule has 0 aliphatic carbocycles. The van der Waals surface area contributed by atoms with E-state index in [0.29, 0.717) is 13.0 Å². The molecule has 1 saturated heterocycles. The average Bonchev–Trinajstić information content (AvgIpc) is 2.97. The van der Waals surface area contributed by atoms with Gasteiger partial charge >= 0.3 is 6.03 Å².